The molecule has 2 rings (SSSR count). The van der Waals surface area contributed by atoms with Crippen LogP contribution in [-0.2, 0) is 5.41 Å². The zero-order chi connectivity index (χ0) is 14.9. The molecule has 2 aromatic rings. The molecule has 0 amide bonds. The summed E-state index contributed by atoms with van der Waals surface area (Å²) in [6.45, 7) is 8.38. The number of aromatic amines is 1. The summed E-state index contributed by atoms with van der Waals surface area (Å²) in [5, 5.41) is 9.01. The summed E-state index contributed by atoms with van der Waals surface area (Å²) < 4.78 is 0.346. The van der Waals surface area contributed by atoms with Gasteiger partial charge in [-0.1, -0.05) is 57.3 Å². The molecule has 102 valence electrons. The molecule has 0 unspecified atom stereocenters. The van der Waals surface area contributed by atoms with Crippen LogP contribution in [0, 0.1) is 22.9 Å². The fourth-order valence-corrected chi connectivity index (χ4v) is 2.27. The molecule has 0 atom stereocenters. The first-order valence-electron chi connectivity index (χ1n) is 6.45. The first kappa shape index (κ1) is 14.4. The van der Waals surface area contributed by atoms with E-state index in [0.29, 0.717) is 16.0 Å². The molecule has 1 N–H and O–H groups in total. The highest BCUT2D eigenvalue weighted by atomic mass is 32.1. The molecule has 0 aliphatic rings. The molecule has 0 saturated carbocycles. The van der Waals surface area contributed by atoms with Gasteiger partial charge in [0.1, 0.15) is 22.1 Å². The second kappa shape index (κ2) is 5.18. The summed E-state index contributed by atoms with van der Waals surface area (Å²) >= 11 is 5.16. The van der Waals surface area contributed by atoms with Crippen LogP contribution in [-0.4, -0.2) is 9.97 Å². The predicted octanol–water partition coefficient (Wildman–Crippen LogP) is 4.28. The Bertz CT molecular complexity index is 728. The van der Waals surface area contributed by atoms with Crippen LogP contribution in [0.1, 0.15) is 37.6 Å². The molecule has 0 saturated heterocycles. The average Bonchev–Trinajstić information content (AvgIpc) is 2.37. The Morgan fingerprint density at radius 3 is 2.25 bits per heavy atom. The Balaban J connectivity index is 2.48. The van der Waals surface area contributed by atoms with Gasteiger partial charge in [0.25, 0.3) is 0 Å². The first-order valence-corrected chi connectivity index (χ1v) is 6.85. The van der Waals surface area contributed by atoms with Crippen molar-refractivity contribution in [3.8, 4) is 17.5 Å². The van der Waals surface area contributed by atoms with Crippen molar-refractivity contribution in [2.75, 3.05) is 0 Å². The second-order valence-corrected chi connectivity index (χ2v) is 6.22. The number of hydrogen-bond acceptors (Lipinski definition) is 3. The summed E-state index contributed by atoms with van der Waals surface area (Å²) in [7, 11) is 0. The maximum absolute atomic E-state index is 9.01. The molecule has 0 bridgehead atoms. The van der Waals surface area contributed by atoms with E-state index in [4.69, 9.17) is 17.5 Å². The van der Waals surface area contributed by atoms with Crippen LogP contribution in [0.2, 0.25) is 0 Å². The Morgan fingerprint density at radius 2 is 1.80 bits per heavy atom. The number of benzene rings is 1. The lowest BCUT2D eigenvalue weighted by atomic mass is 9.87. The van der Waals surface area contributed by atoms with Gasteiger partial charge in [0.15, 0.2) is 0 Å². The molecule has 20 heavy (non-hydrogen) atoms. The van der Waals surface area contributed by atoms with Crippen molar-refractivity contribution in [2.24, 2.45) is 0 Å². The van der Waals surface area contributed by atoms with Gasteiger partial charge in [-0.25, -0.2) is 4.98 Å². The lowest BCUT2D eigenvalue weighted by Crippen LogP contribution is -2.10. The number of nitrogens with one attached hydrogen (secondary N) is 1. The Kier molecular flexibility index (Phi) is 3.74. The van der Waals surface area contributed by atoms with Gasteiger partial charge in [-0.2, -0.15) is 5.26 Å². The number of H-pyrrole nitrogens is 1. The van der Waals surface area contributed by atoms with Crippen LogP contribution in [0.5, 0.6) is 0 Å². The maximum atomic E-state index is 9.01. The van der Waals surface area contributed by atoms with E-state index in [-0.39, 0.29) is 5.41 Å². The highest BCUT2D eigenvalue weighted by Crippen LogP contribution is 2.25. The van der Waals surface area contributed by atoms with Crippen molar-refractivity contribution in [1.29, 1.82) is 5.26 Å². The summed E-state index contributed by atoms with van der Waals surface area (Å²) in [6.07, 6.45) is 0. The smallest absolute Gasteiger partial charge is 0.148 e. The van der Waals surface area contributed by atoms with Gasteiger partial charge in [0, 0.05) is 11.3 Å². The van der Waals surface area contributed by atoms with Crippen LogP contribution >= 0.6 is 12.2 Å². The van der Waals surface area contributed by atoms with E-state index < -0.39 is 0 Å². The third kappa shape index (κ3) is 2.78. The number of hydrogen-bond donors (Lipinski definition) is 1. The van der Waals surface area contributed by atoms with E-state index in [9.17, 15) is 0 Å². The van der Waals surface area contributed by atoms with E-state index in [1.54, 1.807) is 0 Å². The molecule has 0 fully saturated rings. The van der Waals surface area contributed by atoms with Gasteiger partial charge in [-0.3, -0.25) is 0 Å². The lowest BCUT2D eigenvalue weighted by molar-refractivity contribution is 0.590. The van der Waals surface area contributed by atoms with Gasteiger partial charge in [-0.15, -0.1) is 0 Å². The van der Waals surface area contributed by atoms with E-state index in [1.807, 2.05) is 19.1 Å². The second-order valence-electron chi connectivity index (χ2n) is 5.83. The van der Waals surface area contributed by atoms with E-state index in [0.717, 1.165) is 11.3 Å². The molecule has 0 spiro atoms. The Morgan fingerprint density at radius 1 is 1.20 bits per heavy atom. The zero-order valence-corrected chi connectivity index (χ0v) is 12.9. The number of rotatable bonds is 1. The van der Waals surface area contributed by atoms with Crippen LogP contribution in [0.25, 0.3) is 11.4 Å². The van der Waals surface area contributed by atoms with Crippen LogP contribution in [0.4, 0.5) is 0 Å². The van der Waals surface area contributed by atoms with Crippen molar-refractivity contribution in [3.63, 3.8) is 0 Å². The average molecular weight is 283 g/mol. The lowest BCUT2D eigenvalue weighted by Gasteiger charge is -2.19. The minimum atomic E-state index is 0.124. The molecule has 1 heterocycles. The molecule has 1 aromatic carbocycles. The van der Waals surface area contributed by atoms with Crippen molar-refractivity contribution in [3.05, 3.63) is 45.7 Å². The van der Waals surface area contributed by atoms with Crippen molar-refractivity contribution in [2.45, 2.75) is 33.1 Å². The number of aryl methyl sites for hydroxylation is 1. The van der Waals surface area contributed by atoms with Gasteiger partial charge < -0.3 is 4.98 Å². The van der Waals surface area contributed by atoms with Crippen molar-refractivity contribution < 1.29 is 0 Å². The Labute approximate surface area is 124 Å². The SMILES string of the molecule is Cc1[nH]c(-c2ccc(C(C)(C)C)cc2)nc(=S)c1C#N. The standard InChI is InChI=1S/C16H17N3S/c1-10-13(9-17)15(20)19-14(18-10)11-5-7-12(8-6-11)16(2,3)4/h5-8H,1-4H3,(H,18,19,20). The third-order valence-corrected chi connectivity index (χ3v) is 3.54. The first-order chi connectivity index (χ1) is 9.32. The highest BCUT2D eigenvalue weighted by molar-refractivity contribution is 7.71. The molecule has 3 nitrogen and oxygen atoms in total. The molecule has 1 aromatic heterocycles. The van der Waals surface area contributed by atoms with Crippen LogP contribution < -0.4 is 0 Å². The van der Waals surface area contributed by atoms with Crippen molar-refractivity contribution >= 4 is 12.2 Å². The minimum absolute atomic E-state index is 0.124. The molecule has 0 radical (unpaired) electrons. The predicted molar refractivity (Wildman–Crippen MR) is 83.0 cm³/mol. The quantitative estimate of drug-likeness (QED) is 0.795. The summed E-state index contributed by atoms with van der Waals surface area (Å²) in [5.74, 6) is 0.701. The topological polar surface area (TPSA) is 52.5 Å². The normalized spacial score (nSPS) is 11.2. The van der Waals surface area contributed by atoms with E-state index >= 15 is 0 Å². The van der Waals surface area contributed by atoms with Crippen molar-refractivity contribution in [1.82, 2.24) is 9.97 Å². The monoisotopic (exact) mass is 283 g/mol. The number of aromatic nitrogens is 2. The molecular formula is C16H17N3S. The molecule has 0 aliphatic heterocycles. The highest BCUT2D eigenvalue weighted by Gasteiger charge is 2.13. The van der Waals surface area contributed by atoms with Gasteiger partial charge in [0.05, 0.1) is 0 Å². The zero-order valence-electron chi connectivity index (χ0n) is 12.1. The summed E-state index contributed by atoms with van der Waals surface area (Å²) in [4.78, 5) is 7.45. The van der Waals surface area contributed by atoms with Gasteiger partial charge >= 0.3 is 0 Å². The van der Waals surface area contributed by atoms with Crippen LogP contribution in [0.3, 0.4) is 0 Å². The van der Waals surface area contributed by atoms with E-state index in [1.165, 1.54) is 5.56 Å². The summed E-state index contributed by atoms with van der Waals surface area (Å²) in [5.41, 5.74) is 3.55. The fourth-order valence-electron chi connectivity index (χ4n) is 1.98. The largest absolute Gasteiger partial charge is 0.342 e. The molecule has 4 heteroatoms. The van der Waals surface area contributed by atoms with E-state index in [2.05, 4.69) is 48.9 Å². The summed E-state index contributed by atoms with van der Waals surface area (Å²) in [6, 6.07) is 10.3. The number of nitriles is 1. The third-order valence-electron chi connectivity index (χ3n) is 3.24. The molecular weight excluding hydrogens is 266 g/mol. The minimum Gasteiger partial charge on any atom is -0.342 e. The van der Waals surface area contributed by atoms with Gasteiger partial charge in [0.2, 0.25) is 0 Å². The van der Waals surface area contributed by atoms with Crippen LogP contribution in [0.15, 0.2) is 24.3 Å². The van der Waals surface area contributed by atoms with Gasteiger partial charge in [-0.05, 0) is 17.9 Å². The molecule has 0 aliphatic carbocycles. The fraction of sp³-hybridized carbons (Fsp3) is 0.312. The maximum Gasteiger partial charge on any atom is 0.148 e. The Hall–Kier alpha value is -1.99. The number of nitrogens with zero attached hydrogens (tertiary/aromatic N) is 2.